The van der Waals surface area contributed by atoms with Gasteiger partial charge in [0.25, 0.3) is 0 Å². The molecule has 4 heteroatoms. The molecule has 0 saturated carbocycles. The predicted octanol–water partition coefficient (Wildman–Crippen LogP) is 1.93. The summed E-state index contributed by atoms with van der Waals surface area (Å²) in [6.45, 7) is 1.54. The molecule has 1 aromatic heterocycles. The second-order valence-electron chi connectivity index (χ2n) is 3.88. The summed E-state index contributed by atoms with van der Waals surface area (Å²) in [6.07, 6.45) is 1.71. The zero-order valence-corrected chi connectivity index (χ0v) is 9.23. The van der Waals surface area contributed by atoms with Gasteiger partial charge in [-0.1, -0.05) is 19.1 Å². The Hall–Kier alpha value is -1.42. The topological polar surface area (TPSA) is 38.0 Å². The summed E-state index contributed by atoms with van der Waals surface area (Å²) in [6, 6.07) is 6.09. The molecule has 1 unspecified atom stereocenters. The summed E-state index contributed by atoms with van der Waals surface area (Å²) in [4.78, 5) is 0. The van der Waals surface area contributed by atoms with Crippen LogP contribution in [0.3, 0.4) is 0 Å². The van der Waals surface area contributed by atoms with Crippen molar-refractivity contribution in [2.75, 3.05) is 6.67 Å². The van der Waals surface area contributed by atoms with Crippen molar-refractivity contribution in [2.45, 2.75) is 26.0 Å². The highest BCUT2D eigenvalue weighted by Crippen LogP contribution is 2.16. The van der Waals surface area contributed by atoms with Crippen LogP contribution in [0.1, 0.15) is 12.5 Å². The molecule has 1 aromatic carbocycles. The Labute approximate surface area is 93.5 Å². The third-order valence-electron chi connectivity index (χ3n) is 2.68. The quantitative estimate of drug-likeness (QED) is 0.858. The molecular formula is C12H15FN2O. The first-order valence-electron chi connectivity index (χ1n) is 5.43. The Kier molecular flexibility index (Phi) is 3.19. The molecule has 2 rings (SSSR count). The molecule has 0 radical (unpaired) electrons. The minimum absolute atomic E-state index is 0.202. The molecule has 0 fully saturated rings. The smallest absolute Gasteiger partial charge is 0.117 e. The first-order valence-corrected chi connectivity index (χ1v) is 5.43. The molecule has 86 valence electrons. The number of aryl methyl sites for hydroxylation is 1. The second kappa shape index (κ2) is 4.61. The third-order valence-corrected chi connectivity index (χ3v) is 2.68. The highest BCUT2D eigenvalue weighted by Gasteiger charge is 2.08. The standard InChI is InChI=1S/C12H15FN2O/c1-2-9-3-4-10-7-14-15(12(10)5-9)8-11(16)6-13/h3-5,7,11,16H,2,6,8H2,1H3. The maximum atomic E-state index is 12.2. The lowest BCUT2D eigenvalue weighted by atomic mass is 10.1. The minimum Gasteiger partial charge on any atom is -0.388 e. The van der Waals surface area contributed by atoms with Gasteiger partial charge in [-0.3, -0.25) is 4.68 Å². The third kappa shape index (κ3) is 2.07. The summed E-state index contributed by atoms with van der Waals surface area (Å²) in [5.74, 6) is 0. The molecular weight excluding hydrogens is 207 g/mol. The van der Waals surface area contributed by atoms with E-state index in [4.69, 9.17) is 0 Å². The van der Waals surface area contributed by atoms with Crippen LogP contribution in [0.15, 0.2) is 24.4 Å². The number of aliphatic hydroxyl groups excluding tert-OH is 1. The summed E-state index contributed by atoms with van der Waals surface area (Å²) < 4.78 is 13.9. The molecule has 1 N–H and O–H groups in total. The maximum Gasteiger partial charge on any atom is 0.117 e. The van der Waals surface area contributed by atoms with Crippen LogP contribution in [-0.4, -0.2) is 27.7 Å². The molecule has 16 heavy (non-hydrogen) atoms. The number of fused-ring (bicyclic) bond motifs is 1. The van der Waals surface area contributed by atoms with Gasteiger partial charge in [0.15, 0.2) is 0 Å². The minimum atomic E-state index is -0.978. The van der Waals surface area contributed by atoms with E-state index in [2.05, 4.69) is 18.1 Å². The fourth-order valence-electron chi connectivity index (χ4n) is 1.73. The van der Waals surface area contributed by atoms with Crippen LogP contribution in [0.4, 0.5) is 4.39 Å². The number of hydrogen-bond acceptors (Lipinski definition) is 2. The van der Waals surface area contributed by atoms with E-state index in [-0.39, 0.29) is 6.54 Å². The number of rotatable bonds is 4. The van der Waals surface area contributed by atoms with E-state index >= 15 is 0 Å². The normalized spacial score (nSPS) is 13.2. The average Bonchev–Trinajstić information content (AvgIpc) is 2.71. The second-order valence-corrected chi connectivity index (χ2v) is 3.88. The lowest BCUT2D eigenvalue weighted by Gasteiger charge is -2.07. The SMILES string of the molecule is CCc1ccc2cnn(CC(O)CF)c2c1. The van der Waals surface area contributed by atoms with E-state index in [0.29, 0.717) is 0 Å². The molecule has 1 heterocycles. The van der Waals surface area contributed by atoms with Crippen LogP contribution >= 0.6 is 0 Å². The average molecular weight is 222 g/mol. The van der Waals surface area contributed by atoms with Gasteiger partial charge in [-0.05, 0) is 18.1 Å². The lowest BCUT2D eigenvalue weighted by Crippen LogP contribution is -2.18. The maximum absolute atomic E-state index is 12.2. The number of hydrogen-bond donors (Lipinski definition) is 1. The van der Waals surface area contributed by atoms with Crippen LogP contribution in [0.25, 0.3) is 10.9 Å². The molecule has 0 bridgehead atoms. The van der Waals surface area contributed by atoms with Crippen molar-refractivity contribution in [1.29, 1.82) is 0 Å². The number of aromatic nitrogens is 2. The van der Waals surface area contributed by atoms with Crippen molar-refractivity contribution in [1.82, 2.24) is 9.78 Å². The first kappa shape index (κ1) is 11.1. The largest absolute Gasteiger partial charge is 0.388 e. The number of halogens is 1. The number of benzene rings is 1. The summed E-state index contributed by atoms with van der Waals surface area (Å²) in [5.41, 5.74) is 2.16. The number of alkyl halides is 1. The van der Waals surface area contributed by atoms with Crippen molar-refractivity contribution in [3.8, 4) is 0 Å². The summed E-state index contributed by atoms with van der Waals surface area (Å²) in [5, 5.41) is 14.4. The Balaban J connectivity index is 2.38. The first-order chi connectivity index (χ1) is 7.74. The van der Waals surface area contributed by atoms with E-state index in [0.717, 1.165) is 17.3 Å². The van der Waals surface area contributed by atoms with Gasteiger partial charge in [0, 0.05) is 5.39 Å². The predicted molar refractivity (Wildman–Crippen MR) is 61.1 cm³/mol. The fraction of sp³-hybridized carbons (Fsp3) is 0.417. The molecule has 0 aliphatic rings. The molecule has 2 aromatic rings. The van der Waals surface area contributed by atoms with Crippen LogP contribution in [0.5, 0.6) is 0 Å². The number of nitrogens with zero attached hydrogens (tertiary/aromatic N) is 2. The van der Waals surface area contributed by atoms with Gasteiger partial charge < -0.3 is 5.11 Å². The van der Waals surface area contributed by atoms with Gasteiger partial charge in [0.2, 0.25) is 0 Å². The molecule has 0 spiro atoms. The molecule has 0 amide bonds. The molecule has 0 aliphatic heterocycles. The van der Waals surface area contributed by atoms with Gasteiger partial charge >= 0.3 is 0 Å². The van der Waals surface area contributed by atoms with Gasteiger partial charge in [0.1, 0.15) is 12.8 Å². The zero-order chi connectivity index (χ0) is 11.5. The van der Waals surface area contributed by atoms with E-state index in [9.17, 15) is 9.50 Å². The van der Waals surface area contributed by atoms with Crippen molar-refractivity contribution in [3.63, 3.8) is 0 Å². The Morgan fingerprint density at radius 2 is 2.31 bits per heavy atom. The van der Waals surface area contributed by atoms with Gasteiger partial charge in [-0.2, -0.15) is 5.10 Å². The highest BCUT2D eigenvalue weighted by atomic mass is 19.1. The molecule has 3 nitrogen and oxygen atoms in total. The monoisotopic (exact) mass is 222 g/mol. The Morgan fingerprint density at radius 3 is 3.00 bits per heavy atom. The number of aliphatic hydroxyl groups is 1. The van der Waals surface area contributed by atoms with Gasteiger partial charge in [-0.25, -0.2) is 4.39 Å². The Morgan fingerprint density at radius 1 is 1.50 bits per heavy atom. The lowest BCUT2D eigenvalue weighted by molar-refractivity contribution is 0.119. The van der Waals surface area contributed by atoms with Crippen LogP contribution in [-0.2, 0) is 13.0 Å². The van der Waals surface area contributed by atoms with E-state index in [1.807, 2.05) is 12.1 Å². The van der Waals surface area contributed by atoms with Crippen molar-refractivity contribution < 1.29 is 9.50 Å². The van der Waals surface area contributed by atoms with E-state index in [1.165, 1.54) is 5.56 Å². The zero-order valence-electron chi connectivity index (χ0n) is 9.23. The van der Waals surface area contributed by atoms with Crippen LogP contribution < -0.4 is 0 Å². The molecule has 0 aliphatic carbocycles. The van der Waals surface area contributed by atoms with E-state index in [1.54, 1.807) is 10.9 Å². The van der Waals surface area contributed by atoms with Gasteiger partial charge in [0.05, 0.1) is 18.3 Å². The van der Waals surface area contributed by atoms with E-state index < -0.39 is 12.8 Å². The fourth-order valence-corrected chi connectivity index (χ4v) is 1.73. The van der Waals surface area contributed by atoms with Crippen LogP contribution in [0.2, 0.25) is 0 Å². The summed E-state index contributed by atoms with van der Waals surface area (Å²) in [7, 11) is 0. The van der Waals surface area contributed by atoms with Crippen LogP contribution in [0, 0.1) is 0 Å². The highest BCUT2D eigenvalue weighted by molar-refractivity contribution is 5.79. The van der Waals surface area contributed by atoms with Gasteiger partial charge in [-0.15, -0.1) is 0 Å². The van der Waals surface area contributed by atoms with Crippen molar-refractivity contribution >= 4 is 10.9 Å². The molecule has 0 saturated heterocycles. The van der Waals surface area contributed by atoms with Crippen molar-refractivity contribution in [2.24, 2.45) is 0 Å². The summed E-state index contributed by atoms with van der Waals surface area (Å²) >= 11 is 0. The Bertz CT molecular complexity index is 481. The molecule has 1 atom stereocenters. The van der Waals surface area contributed by atoms with Crippen molar-refractivity contribution in [3.05, 3.63) is 30.0 Å².